The van der Waals surface area contributed by atoms with Crippen LogP contribution >= 0.6 is 11.8 Å². The standard InChI is InChI=1S/C12H16F3N3OS/c1-7(6-20-2)17-11(19)8-4-3-5-9(10(8)18-16)12(13,14)15/h3-5,7,18H,6,16H2,1-2H3,(H,17,19). The third kappa shape index (κ3) is 4.04. The second-order valence-corrected chi connectivity index (χ2v) is 5.11. The van der Waals surface area contributed by atoms with Crippen molar-refractivity contribution in [3.05, 3.63) is 29.3 Å². The van der Waals surface area contributed by atoms with Gasteiger partial charge in [0.15, 0.2) is 0 Å². The summed E-state index contributed by atoms with van der Waals surface area (Å²) in [6.45, 7) is 1.78. The Morgan fingerprint density at radius 3 is 2.60 bits per heavy atom. The van der Waals surface area contributed by atoms with E-state index in [0.717, 1.165) is 6.07 Å². The Labute approximate surface area is 119 Å². The molecule has 1 amide bonds. The molecular formula is C12H16F3N3OS. The minimum absolute atomic E-state index is 0.129. The second-order valence-electron chi connectivity index (χ2n) is 4.20. The van der Waals surface area contributed by atoms with Crippen molar-refractivity contribution in [2.75, 3.05) is 17.4 Å². The highest BCUT2D eigenvalue weighted by molar-refractivity contribution is 7.98. The van der Waals surface area contributed by atoms with Gasteiger partial charge >= 0.3 is 6.18 Å². The van der Waals surface area contributed by atoms with Crippen LogP contribution in [0.5, 0.6) is 0 Å². The van der Waals surface area contributed by atoms with Gasteiger partial charge < -0.3 is 10.7 Å². The smallest absolute Gasteiger partial charge is 0.349 e. The van der Waals surface area contributed by atoms with Crippen molar-refractivity contribution in [2.45, 2.75) is 19.1 Å². The van der Waals surface area contributed by atoms with Gasteiger partial charge in [0, 0.05) is 11.8 Å². The number of nitrogen functional groups attached to an aromatic ring is 1. The first-order valence-electron chi connectivity index (χ1n) is 5.77. The summed E-state index contributed by atoms with van der Waals surface area (Å²) in [5.41, 5.74) is 0.452. The fourth-order valence-corrected chi connectivity index (χ4v) is 2.31. The summed E-state index contributed by atoms with van der Waals surface area (Å²) in [6.07, 6.45) is -2.71. The highest BCUT2D eigenvalue weighted by Gasteiger charge is 2.35. The molecule has 0 spiro atoms. The summed E-state index contributed by atoms with van der Waals surface area (Å²) >= 11 is 1.53. The van der Waals surface area contributed by atoms with E-state index < -0.39 is 23.3 Å². The first kappa shape index (κ1) is 16.6. The summed E-state index contributed by atoms with van der Waals surface area (Å²) < 4.78 is 38.5. The summed E-state index contributed by atoms with van der Waals surface area (Å²) in [5.74, 6) is 5.21. The first-order chi connectivity index (χ1) is 9.31. The molecule has 4 nitrogen and oxygen atoms in total. The molecular weight excluding hydrogens is 291 g/mol. The molecule has 0 bridgehead atoms. The predicted octanol–water partition coefficient (Wildman–Crippen LogP) is 2.47. The Morgan fingerprint density at radius 1 is 1.45 bits per heavy atom. The van der Waals surface area contributed by atoms with Gasteiger partial charge in [0.2, 0.25) is 0 Å². The Morgan fingerprint density at radius 2 is 2.10 bits per heavy atom. The summed E-state index contributed by atoms with van der Waals surface area (Å²) in [6, 6.07) is 3.19. The molecule has 20 heavy (non-hydrogen) atoms. The highest BCUT2D eigenvalue weighted by atomic mass is 32.2. The maximum absolute atomic E-state index is 12.8. The van der Waals surface area contributed by atoms with Crippen LogP contribution in [0.25, 0.3) is 0 Å². The number of halogens is 3. The molecule has 0 heterocycles. The van der Waals surface area contributed by atoms with Crippen molar-refractivity contribution in [1.29, 1.82) is 0 Å². The zero-order chi connectivity index (χ0) is 15.3. The molecule has 0 aliphatic carbocycles. The molecule has 0 fully saturated rings. The zero-order valence-corrected chi connectivity index (χ0v) is 11.9. The lowest BCUT2D eigenvalue weighted by atomic mass is 10.1. The number of benzene rings is 1. The lowest BCUT2D eigenvalue weighted by molar-refractivity contribution is -0.137. The van der Waals surface area contributed by atoms with E-state index in [1.54, 1.807) is 6.92 Å². The average Bonchev–Trinajstić information content (AvgIpc) is 2.36. The van der Waals surface area contributed by atoms with Crippen LogP contribution in [-0.2, 0) is 6.18 Å². The molecule has 1 aromatic carbocycles. The Hall–Kier alpha value is -1.41. The number of carbonyl (C=O) groups excluding carboxylic acids is 1. The van der Waals surface area contributed by atoms with Crippen LogP contribution in [0, 0.1) is 0 Å². The SMILES string of the molecule is CSCC(C)NC(=O)c1cccc(C(F)(F)F)c1NN. The van der Waals surface area contributed by atoms with Crippen molar-refractivity contribution in [1.82, 2.24) is 5.32 Å². The number of para-hydroxylation sites is 1. The van der Waals surface area contributed by atoms with Gasteiger partial charge in [-0.1, -0.05) is 6.07 Å². The highest BCUT2D eigenvalue weighted by Crippen LogP contribution is 2.36. The number of carbonyl (C=O) groups is 1. The van der Waals surface area contributed by atoms with E-state index in [2.05, 4.69) is 5.32 Å². The number of alkyl halides is 3. The molecule has 8 heteroatoms. The van der Waals surface area contributed by atoms with E-state index in [1.807, 2.05) is 11.7 Å². The lowest BCUT2D eigenvalue weighted by Crippen LogP contribution is -2.35. The van der Waals surface area contributed by atoms with Gasteiger partial charge in [0.1, 0.15) is 0 Å². The van der Waals surface area contributed by atoms with Crippen LogP contribution in [0.3, 0.4) is 0 Å². The molecule has 0 radical (unpaired) electrons. The molecule has 0 saturated heterocycles. The van der Waals surface area contributed by atoms with Gasteiger partial charge in [-0.05, 0) is 25.3 Å². The van der Waals surface area contributed by atoms with E-state index in [9.17, 15) is 18.0 Å². The average molecular weight is 307 g/mol. The summed E-state index contributed by atoms with van der Waals surface area (Å²) in [4.78, 5) is 12.0. The fourth-order valence-electron chi connectivity index (χ4n) is 1.73. The monoisotopic (exact) mass is 307 g/mol. The number of thioether (sulfide) groups is 1. The second kappa shape index (κ2) is 6.85. The van der Waals surface area contributed by atoms with Crippen LogP contribution in [0.15, 0.2) is 18.2 Å². The molecule has 0 saturated carbocycles. The zero-order valence-electron chi connectivity index (χ0n) is 11.0. The van der Waals surface area contributed by atoms with Gasteiger partial charge in [-0.3, -0.25) is 10.6 Å². The van der Waals surface area contributed by atoms with Gasteiger partial charge in [-0.2, -0.15) is 24.9 Å². The van der Waals surface area contributed by atoms with Gasteiger partial charge in [-0.15, -0.1) is 0 Å². The van der Waals surface area contributed by atoms with Gasteiger partial charge in [-0.25, -0.2) is 0 Å². The third-order valence-electron chi connectivity index (χ3n) is 2.55. The van der Waals surface area contributed by atoms with E-state index in [0.29, 0.717) is 5.75 Å². The van der Waals surface area contributed by atoms with E-state index in [4.69, 9.17) is 5.84 Å². The molecule has 0 aliphatic rings. The topological polar surface area (TPSA) is 67.2 Å². The molecule has 4 N–H and O–H groups in total. The molecule has 1 aromatic rings. The number of hydrazine groups is 1. The predicted molar refractivity (Wildman–Crippen MR) is 74.6 cm³/mol. The van der Waals surface area contributed by atoms with Crippen molar-refractivity contribution in [2.24, 2.45) is 5.84 Å². The van der Waals surface area contributed by atoms with Crippen LogP contribution in [0.4, 0.5) is 18.9 Å². The van der Waals surface area contributed by atoms with E-state index in [1.165, 1.54) is 23.9 Å². The Kier molecular flexibility index (Phi) is 5.70. The molecule has 1 atom stereocenters. The Balaban J connectivity index is 3.09. The molecule has 112 valence electrons. The number of hydrogen-bond donors (Lipinski definition) is 3. The fraction of sp³-hybridized carbons (Fsp3) is 0.417. The number of hydrogen-bond acceptors (Lipinski definition) is 4. The number of rotatable bonds is 5. The van der Waals surface area contributed by atoms with Crippen molar-refractivity contribution in [3.8, 4) is 0 Å². The summed E-state index contributed by atoms with van der Waals surface area (Å²) in [5, 5.41) is 2.63. The van der Waals surface area contributed by atoms with Crippen LogP contribution in [-0.4, -0.2) is 24.0 Å². The number of nitrogens with two attached hydrogens (primary N) is 1. The van der Waals surface area contributed by atoms with Gasteiger partial charge in [0.05, 0.1) is 16.8 Å². The number of anilines is 1. The van der Waals surface area contributed by atoms with Crippen molar-refractivity contribution >= 4 is 23.4 Å². The van der Waals surface area contributed by atoms with E-state index in [-0.39, 0.29) is 11.6 Å². The quantitative estimate of drug-likeness (QED) is 0.577. The number of nitrogens with one attached hydrogen (secondary N) is 2. The minimum atomic E-state index is -4.58. The maximum Gasteiger partial charge on any atom is 0.418 e. The molecule has 1 unspecified atom stereocenters. The normalized spacial score (nSPS) is 12.9. The third-order valence-corrected chi connectivity index (χ3v) is 3.39. The van der Waals surface area contributed by atoms with Gasteiger partial charge in [0.25, 0.3) is 5.91 Å². The minimum Gasteiger partial charge on any atom is -0.349 e. The van der Waals surface area contributed by atoms with E-state index >= 15 is 0 Å². The van der Waals surface area contributed by atoms with Crippen molar-refractivity contribution < 1.29 is 18.0 Å². The Bertz CT molecular complexity index is 480. The summed E-state index contributed by atoms with van der Waals surface area (Å²) in [7, 11) is 0. The largest absolute Gasteiger partial charge is 0.418 e. The lowest BCUT2D eigenvalue weighted by Gasteiger charge is -2.18. The number of amides is 1. The van der Waals surface area contributed by atoms with Crippen LogP contribution in [0.2, 0.25) is 0 Å². The van der Waals surface area contributed by atoms with Crippen LogP contribution < -0.4 is 16.6 Å². The molecule has 0 aliphatic heterocycles. The molecule has 0 aromatic heterocycles. The van der Waals surface area contributed by atoms with Crippen molar-refractivity contribution in [3.63, 3.8) is 0 Å². The molecule has 1 rings (SSSR count). The van der Waals surface area contributed by atoms with Crippen LogP contribution in [0.1, 0.15) is 22.8 Å². The maximum atomic E-state index is 12.8. The first-order valence-corrected chi connectivity index (χ1v) is 7.17.